The normalized spacial score (nSPS) is 26.2. The smallest absolute Gasteiger partial charge is 0.405 e. The van der Waals surface area contributed by atoms with Gasteiger partial charge in [-0.15, -0.1) is 0 Å². The Kier molecular flexibility index (Phi) is 6.96. The van der Waals surface area contributed by atoms with E-state index in [1.807, 2.05) is 36.0 Å². The van der Waals surface area contributed by atoms with E-state index in [1.54, 1.807) is 6.92 Å². The highest BCUT2D eigenvalue weighted by Gasteiger charge is 2.56. The van der Waals surface area contributed by atoms with E-state index in [9.17, 15) is 19.5 Å². The number of fused-ring (bicyclic) bond motifs is 2. The minimum absolute atomic E-state index is 0.0392. The second kappa shape index (κ2) is 11.1. The molecule has 2 saturated heterocycles. The molecule has 4 heterocycles. The Morgan fingerprint density at radius 3 is 1.64 bits per heavy atom. The number of amides is 3. The van der Waals surface area contributed by atoms with Crippen molar-refractivity contribution in [1.82, 2.24) is 35.1 Å². The van der Waals surface area contributed by atoms with Gasteiger partial charge in [-0.25, -0.2) is 14.8 Å². The van der Waals surface area contributed by atoms with Crippen molar-refractivity contribution in [2.75, 3.05) is 0 Å². The van der Waals surface area contributed by atoms with Crippen molar-refractivity contribution in [3.8, 4) is 33.6 Å². The van der Waals surface area contributed by atoms with Gasteiger partial charge in [0.1, 0.15) is 17.7 Å². The van der Waals surface area contributed by atoms with Gasteiger partial charge in [-0.2, -0.15) is 0 Å². The lowest BCUT2D eigenvalue weighted by Gasteiger charge is -2.31. The van der Waals surface area contributed by atoms with Crippen molar-refractivity contribution < 1.29 is 19.5 Å². The molecule has 0 radical (unpaired) electrons. The number of imidazole rings is 2. The van der Waals surface area contributed by atoms with Gasteiger partial charge in [-0.3, -0.25) is 9.59 Å². The summed E-state index contributed by atoms with van der Waals surface area (Å²) in [4.78, 5) is 57.3. The van der Waals surface area contributed by atoms with Crippen molar-refractivity contribution in [2.24, 2.45) is 17.8 Å². The van der Waals surface area contributed by atoms with Gasteiger partial charge in [0.05, 0.1) is 35.9 Å². The highest BCUT2D eigenvalue weighted by molar-refractivity contribution is 5.87. The summed E-state index contributed by atoms with van der Waals surface area (Å²) < 4.78 is 0. The van der Waals surface area contributed by atoms with Crippen molar-refractivity contribution in [3.63, 3.8) is 0 Å². The maximum atomic E-state index is 13.5. The summed E-state index contributed by atoms with van der Waals surface area (Å²) in [6, 6.07) is 16.3. The fourth-order valence-electron chi connectivity index (χ4n) is 7.97. The van der Waals surface area contributed by atoms with Crippen LogP contribution in [0.3, 0.4) is 0 Å². The maximum Gasteiger partial charge on any atom is 0.405 e. The van der Waals surface area contributed by atoms with Crippen LogP contribution < -0.4 is 5.32 Å². The van der Waals surface area contributed by atoms with E-state index in [1.165, 1.54) is 0 Å². The molecule has 2 aliphatic carbocycles. The second-order valence-corrected chi connectivity index (χ2v) is 14.0. The Labute approximate surface area is 272 Å². The van der Waals surface area contributed by atoms with Crippen LogP contribution in [-0.4, -0.2) is 70.9 Å². The molecule has 7 atom stereocenters. The summed E-state index contributed by atoms with van der Waals surface area (Å²) in [5, 5.41) is 11.7. The molecule has 2 aromatic carbocycles. The molecule has 4 aromatic rings. The quantitative estimate of drug-likeness (QED) is 0.194. The molecular weight excluding hydrogens is 594 g/mol. The van der Waals surface area contributed by atoms with Crippen LogP contribution in [0, 0.1) is 17.8 Å². The van der Waals surface area contributed by atoms with Crippen LogP contribution in [0.5, 0.6) is 0 Å². The number of carboxylic acid groups (broad SMARTS) is 1. The van der Waals surface area contributed by atoms with Gasteiger partial charge in [0.25, 0.3) is 0 Å². The van der Waals surface area contributed by atoms with Crippen LogP contribution in [0.15, 0.2) is 60.9 Å². The van der Waals surface area contributed by atoms with E-state index in [0.717, 1.165) is 71.0 Å². The van der Waals surface area contributed by atoms with Gasteiger partial charge in [0.2, 0.25) is 11.8 Å². The van der Waals surface area contributed by atoms with E-state index >= 15 is 0 Å². The topological polar surface area (TPSA) is 147 Å². The highest BCUT2D eigenvalue weighted by atomic mass is 16.4. The number of hydrogen-bond donors (Lipinski definition) is 4. The number of aromatic nitrogens is 4. The first-order valence-corrected chi connectivity index (χ1v) is 16.6. The first-order chi connectivity index (χ1) is 22.7. The fraction of sp³-hybridized carbons (Fsp3) is 0.417. The van der Waals surface area contributed by atoms with Gasteiger partial charge in [0.15, 0.2) is 0 Å². The molecule has 11 heteroatoms. The van der Waals surface area contributed by atoms with Crippen LogP contribution in [0.4, 0.5) is 4.79 Å². The third-order valence-electron chi connectivity index (χ3n) is 10.6. The van der Waals surface area contributed by atoms with Crippen LogP contribution in [0.1, 0.15) is 70.2 Å². The van der Waals surface area contributed by atoms with Gasteiger partial charge >= 0.3 is 6.09 Å². The third-order valence-corrected chi connectivity index (χ3v) is 10.6. The Bertz CT molecular complexity index is 1850. The van der Waals surface area contributed by atoms with Gasteiger partial charge < -0.3 is 30.2 Å². The van der Waals surface area contributed by atoms with E-state index in [0.29, 0.717) is 17.9 Å². The number of aromatic amines is 2. The summed E-state index contributed by atoms with van der Waals surface area (Å²) in [5.41, 5.74) is 6.04. The standard InChI is InChI=1S/C36H39N7O4/c1-18(2)32(41-36(46)47)35(45)43-29-13-25(29)15-31(43)34-38-17-27(40-34)23-10-6-21(7-11-23)20-4-8-22(9-5-20)26-16-37-33(39-26)30-14-24-12-28(24)42(30)19(3)44/h4-11,16-18,24-25,28-32,41H,12-15H2,1-3H3,(H,37,39)(H,38,40)(H,46,47)/t24-,25+,28+,29+,30-,31-,32-/m0/s1. The molecule has 2 aliphatic heterocycles. The summed E-state index contributed by atoms with van der Waals surface area (Å²) in [5.74, 6) is 2.43. The van der Waals surface area contributed by atoms with E-state index in [2.05, 4.69) is 73.8 Å². The first-order valence-electron chi connectivity index (χ1n) is 16.6. The van der Waals surface area contributed by atoms with Crippen LogP contribution in [0.2, 0.25) is 0 Å². The molecule has 4 aliphatic rings. The predicted molar refractivity (Wildman–Crippen MR) is 175 cm³/mol. The van der Waals surface area contributed by atoms with Crippen molar-refractivity contribution in [1.29, 1.82) is 0 Å². The Morgan fingerprint density at radius 1 is 0.745 bits per heavy atom. The number of carbonyl (C=O) groups excluding carboxylic acids is 2. The molecule has 4 fully saturated rings. The van der Waals surface area contributed by atoms with Crippen molar-refractivity contribution >= 4 is 17.9 Å². The Balaban J connectivity index is 0.950. The Hall–Kier alpha value is -4.93. The number of hydrogen-bond acceptors (Lipinski definition) is 5. The highest BCUT2D eigenvalue weighted by Crippen LogP contribution is 2.54. The molecule has 4 N–H and O–H groups in total. The van der Waals surface area contributed by atoms with Crippen LogP contribution in [0.25, 0.3) is 33.6 Å². The molecule has 2 saturated carbocycles. The molecule has 3 amide bonds. The van der Waals surface area contributed by atoms with Crippen molar-refractivity contribution in [3.05, 3.63) is 72.6 Å². The molecule has 0 spiro atoms. The average molecular weight is 634 g/mol. The number of benzene rings is 2. The van der Waals surface area contributed by atoms with Gasteiger partial charge in [0, 0.05) is 19.0 Å². The summed E-state index contributed by atoms with van der Waals surface area (Å²) >= 11 is 0. The van der Waals surface area contributed by atoms with Gasteiger partial charge in [-0.05, 0) is 65.7 Å². The molecule has 2 aromatic heterocycles. The van der Waals surface area contributed by atoms with Crippen LogP contribution >= 0.6 is 0 Å². The number of nitrogens with one attached hydrogen (secondary N) is 3. The molecule has 0 bridgehead atoms. The molecule has 242 valence electrons. The average Bonchev–Trinajstić information content (AvgIpc) is 3.66. The monoisotopic (exact) mass is 633 g/mol. The lowest BCUT2D eigenvalue weighted by molar-refractivity contribution is -0.136. The molecule has 0 unspecified atom stereocenters. The minimum Gasteiger partial charge on any atom is -0.465 e. The largest absolute Gasteiger partial charge is 0.465 e. The molecule has 11 nitrogen and oxygen atoms in total. The fourth-order valence-corrected chi connectivity index (χ4v) is 7.97. The summed E-state index contributed by atoms with van der Waals surface area (Å²) in [6.45, 7) is 5.36. The lowest BCUT2D eigenvalue weighted by Crippen LogP contribution is -2.51. The zero-order valence-corrected chi connectivity index (χ0v) is 26.7. The number of H-pyrrole nitrogens is 2. The number of piperidine rings is 2. The zero-order chi connectivity index (χ0) is 32.6. The minimum atomic E-state index is -1.19. The molecule has 8 rings (SSSR count). The zero-order valence-electron chi connectivity index (χ0n) is 26.7. The summed E-state index contributed by atoms with van der Waals surface area (Å²) in [6.07, 6.45) is 6.37. The van der Waals surface area contributed by atoms with Crippen LogP contribution in [-0.2, 0) is 9.59 Å². The molecular formula is C36H39N7O4. The number of rotatable bonds is 8. The predicted octanol–water partition coefficient (Wildman–Crippen LogP) is 5.77. The van der Waals surface area contributed by atoms with E-state index in [4.69, 9.17) is 0 Å². The summed E-state index contributed by atoms with van der Waals surface area (Å²) in [7, 11) is 0. The lowest BCUT2D eigenvalue weighted by atomic mass is 10.0. The SMILES string of the molecule is CC(=O)N1[C@@H]2C[C@H]2C[C@H]1c1ncc(-c2ccc(-c3ccc(-c4cnc([C@@H]5C[C@H]6C[C@H]6N5C(=O)[C@@H](NC(=O)O)C(C)C)[nH]4)cc3)cc2)[nH]1. The Morgan fingerprint density at radius 2 is 1.19 bits per heavy atom. The number of carbonyl (C=O) groups is 3. The third kappa shape index (κ3) is 5.27. The second-order valence-electron chi connectivity index (χ2n) is 14.0. The maximum absolute atomic E-state index is 13.5. The van der Waals surface area contributed by atoms with E-state index in [-0.39, 0.29) is 35.9 Å². The number of nitrogens with zero attached hydrogens (tertiary/aromatic N) is 4. The number of likely N-dealkylation sites (tertiary alicyclic amines) is 2. The van der Waals surface area contributed by atoms with E-state index < -0.39 is 12.1 Å². The first kappa shape index (κ1) is 29.5. The van der Waals surface area contributed by atoms with Crippen molar-refractivity contribution in [2.45, 2.75) is 76.7 Å². The molecule has 47 heavy (non-hydrogen) atoms. The van der Waals surface area contributed by atoms with Gasteiger partial charge in [-0.1, -0.05) is 62.4 Å².